The van der Waals surface area contributed by atoms with Crippen molar-refractivity contribution in [3.8, 4) is 0 Å². The Balaban J connectivity index is 1.65. The summed E-state index contributed by atoms with van der Waals surface area (Å²) in [4.78, 5) is 44.3. The van der Waals surface area contributed by atoms with Crippen LogP contribution in [0.5, 0.6) is 0 Å². The standard InChI is InChI=1S/C26H29N3O4/c1-4-33-26(32)28-16-14-21(15-17-28)29-24(30)22(19-12-10-18(2)11-13-19)23(25(29)31)27(3)20-8-6-5-7-9-20/h5-13,21H,4,14-17H2,1-3H3. The number of carbonyl (C=O) groups excluding carboxylic acids is 3. The van der Waals surface area contributed by atoms with E-state index >= 15 is 0 Å². The van der Waals surface area contributed by atoms with Crippen molar-refractivity contribution in [2.75, 3.05) is 31.6 Å². The first kappa shape index (κ1) is 22.6. The van der Waals surface area contributed by atoms with Crippen molar-refractivity contribution in [1.29, 1.82) is 0 Å². The molecule has 4 rings (SSSR count). The van der Waals surface area contributed by atoms with Crippen molar-refractivity contribution in [3.63, 3.8) is 0 Å². The summed E-state index contributed by atoms with van der Waals surface area (Å²) in [5.74, 6) is -0.576. The van der Waals surface area contributed by atoms with Crippen LogP contribution in [0.4, 0.5) is 10.5 Å². The van der Waals surface area contributed by atoms with Gasteiger partial charge in [-0.25, -0.2) is 4.79 Å². The fourth-order valence-corrected chi connectivity index (χ4v) is 4.46. The second kappa shape index (κ2) is 9.48. The topological polar surface area (TPSA) is 70.2 Å². The third-order valence-electron chi connectivity index (χ3n) is 6.27. The van der Waals surface area contributed by atoms with Crippen LogP contribution in [-0.4, -0.2) is 60.5 Å². The number of hydrogen-bond acceptors (Lipinski definition) is 5. The Hall–Kier alpha value is -3.61. The number of likely N-dealkylation sites (N-methyl/N-ethyl adjacent to an activating group) is 1. The molecule has 2 aromatic carbocycles. The number of nitrogens with zero attached hydrogens (tertiary/aromatic N) is 3. The molecule has 2 aliphatic rings. The van der Waals surface area contributed by atoms with Gasteiger partial charge in [0.25, 0.3) is 11.8 Å². The average Bonchev–Trinajstić information content (AvgIpc) is 3.09. The summed E-state index contributed by atoms with van der Waals surface area (Å²) in [6.07, 6.45) is 0.706. The number of ether oxygens (including phenoxy) is 1. The summed E-state index contributed by atoms with van der Waals surface area (Å²) < 4.78 is 5.09. The summed E-state index contributed by atoms with van der Waals surface area (Å²) in [5, 5.41) is 0. The normalized spacial score (nSPS) is 17.1. The van der Waals surface area contributed by atoms with E-state index in [4.69, 9.17) is 4.74 Å². The number of benzene rings is 2. The van der Waals surface area contributed by atoms with Gasteiger partial charge in [-0.1, -0.05) is 48.0 Å². The molecule has 0 atom stereocenters. The third-order valence-corrected chi connectivity index (χ3v) is 6.27. The lowest BCUT2D eigenvalue weighted by Gasteiger charge is -2.35. The van der Waals surface area contributed by atoms with Gasteiger partial charge >= 0.3 is 6.09 Å². The van der Waals surface area contributed by atoms with Crippen LogP contribution in [0.1, 0.15) is 30.9 Å². The number of piperidine rings is 1. The monoisotopic (exact) mass is 447 g/mol. The molecule has 0 aliphatic carbocycles. The molecule has 2 aromatic rings. The zero-order valence-corrected chi connectivity index (χ0v) is 19.3. The molecule has 0 aromatic heterocycles. The minimum atomic E-state index is -0.349. The molecule has 0 spiro atoms. The molecule has 2 heterocycles. The van der Waals surface area contributed by atoms with Crippen LogP contribution < -0.4 is 4.90 Å². The number of aryl methyl sites for hydroxylation is 1. The van der Waals surface area contributed by atoms with Crippen molar-refractivity contribution < 1.29 is 19.1 Å². The lowest BCUT2D eigenvalue weighted by molar-refractivity contribution is -0.140. The summed E-state index contributed by atoms with van der Waals surface area (Å²) in [5.41, 5.74) is 3.43. The van der Waals surface area contributed by atoms with Gasteiger partial charge in [0.2, 0.25) is 0 Å². The van der Waals surface area contributed by atoms with Crippen LogP contribution in [0.3, 0.4) is 0 Å². The molecule has 0 N–H and O–H groups in total. The summed E-state index contributed by atoms with van der Waals surface area (Å²) >= 11 is 0. The van der Waals surface area contributed by atoms with Gasteiger partial charge < -0.3 is 14.5 Å². The van der Waals surface area contributed by atoms with Gasteiger partial charge in [0.1, 0.15) is 5.70 Å². The van der Waals surface area contributed by atoms with E-state index < -0.39 is 0 Å². The first-order valence-electron chi connectivity index (χ1n) is 11.3. The molecule has 0 saturated carbocycles. The summed E-state index contributed by atoms with van der Waals surface area (Å²) in [6.45, 7) is 4.98. The smallest absolute Gasteiger partial charge is 0.409 e. The molecule has 0 unspecified atom stereocenters. The van der Waals surface area contributed by atoms with E-state index in [1.54, 1.807) is 16.7 Å². The van der Waals surface area contributed by atoms with Gasteiger partial charge in [0.05, 0.1) is 12.2 Å². The van der Waals surface area contributed by atoms with E-state index in [1.807, 2.05) is 68.6 Å². The quantitative estimate of drug-likeness (QED) is 0.652. The highest BCUT2D eigenvalue weighted by Crippen LogP contribution is 2.36. The molecule has 1 fully saturated rings. The number of hydrogen-bond donors (Lipinski definition) is 0. The maximum atomic E-state index is 13.7. The van der Waals surface area contributed by atoms with Crippen LogP contribution in [0, 0.1) is 6.92 Å². The molecule has 1 saturated heterocycles. The maximum absolute atomic E-state index is 13.7. The fourth-order valence-electron chi connectivity index (χ4n) is 4.46. The largest absolute Gasteiger partial charge is 0.450 e. The molecule has 2 aliphatic heterocycles. The number of carbonyl (C=O) groups is 3. The Morgan fingerprint density at radius 2 is 1.64 bits per heavy atom. The van der Waals surface area contributed by atoms with Crippen LogP contribution >= 0.6 is 0 Å². The molecular weight excluding hydrogens is 418 g/mol. The number of rotatable bonds is 5. The van der Waals surface area contributed by atoms with Crippen molar-refractivity contribution in [2.24, 2.45) is 0 Å². The molecule has 172 valence electrons. The van der Waals surface area contributed by atoms with Crippen molar-refractivity contribution in [1.82, 2.24) is 9.80 Å². The van der Waals surface area contributed by atoms with Crippen LogP contribution in [0.15, 0.2) is 60.3 Å². The third kappa shape index (κ3) is 4.35. The van der Waals surface area contributed by atoms with Crippen LogP contribution in [-0.2, 0) is 14.3 Å². The van der Waals surface area contributed by atoms with Gasteiger partial charge in [0.15, 0.2) is 0 Å². The van der Waals surface area contributed by atoms with E-state index in [0.717, 1.165) is 16.8 Å². The van der Waals surface area contributed by atoms with E-state index in [0.29, 0.717) is 43.8 Å². The molecule has 7 heteroatoms. The number of anilines is 1. The Morgan fingerprint density at radius 3 is 2.24 bits per heavy atom. The van der Waals surface area contributed by atoms with Gasteiger partial charge in [-0.05, 0) is 44.4 Å². The highest BCUT2D eigenvalue weighted by molar-refractivity contribution is 6.36. The predicted octanol–water partition coefficient (Wildman–Crippen LogP) is 3.83. The van der Waals surface area contributed by atoms with E-state index in [9.17, 15) is 14.4 Å². The van der Waals surface area contributed by atoms with Crippen LogP contribution in [0.2, 0.25) is 0 Å². The number of amides is 3. The van der Waals surface area contributed by atoms with Crippen LogP contribution in [0.25, 0.3) is 5.57 Å². The Morgan fingerprint density at radius 1 is 1.00 bits per heavy atom. The SMILES string of the molecule is CCOC(=O)N1CCC(N2C(=O)C(c3ccc(C)cc3)=C(N(C)c3ccccc3)C2=O)CC1. The predicted molar refractivity (Wildman–Crippen MR) is 126 cm³/mol. The number of imide groups is 1. The molecule has 0 radical (unpaired) electrons. The molecule has 33 heavy (non-hydrogen) atoms. The second-order valence-electron chi connectivity index (χ2n) is 8.38. The average molecular weight is 448 g/mol. The lowest BCUT2D eigenvalue weighted by Crippen LogP contribution is -2.49. The van der Waals surface area contributed by atoms with E-state index in [-0.39, 0.29) is 23.9 Å². The zero-order valence-electron chi connectivity index (χ0n) is 19.3. The van der Waals surface area contributed by atoms with Crippen molar-refractivity contribution >= 4 is 29.2 Å². The Bertz CT molecular complexity index is 1070. The second-order valence-corrected chi connectivity index (χ2v) is 8.38. The molecule has 3 amide bonds. The fraction of sp³-hybridized carbons (Fsp3) is 0.346. The Kier molecular flexibility index (Phi) is 6.49. The van der Waals surface area contributed by atoms with Crippen molar-refractivity contribution in [3.05, 3.63) is 71.4 Å². The first-order valence-corrected chi connectivity index (χ1v) is 11.3. The van der Waals surface area contributed by atoms with Gasteiger partial charge in [0, 0.05) is 31.9 Å². The highest BCUT2D eigenvalue weighted by atomic mass is 16.6. The van der Waals surface area contributed by atoms with Gasteiger partial charge in [-0.3, -0.25) is 14.5 Å². The molecular formula is C26H29N3O4. The Labute approximate surface area is 194 Å². The minimum Gasteiger partial charge on any atom is -0.450 e. The zero-order chi connectivity index (χ0) is 23.5. The van der Waals surface area contributed by atoms with E-state index in [2.05, 4.69) is 0 Å². The lowest BCUT2D eigenvalue weighted by atomic mass is 10.0. The molecule has 0 bridgehead atoms. The van der Waals surface area contributed by atoms with Gasteiger partial charge in [-0.15, -0.1) is 0 Å². The van der Waals surface area contributed by atoms with Gasteiger partial charge in [-0.2, -0.15) is 0 Å². The highest BCUT2D eigenvalue weighted by Gasteiger charge is 2.45. The maximum Gasteiger partial charge on any atom is 0.409 e. The summed E-state index contributed by atoms with van der Waals surface area (Å²) in [7, 11) is 1.82. The number of para-hydroxylation sites is 1. The minimum absolute atomic E-state index is 0.266. The van der Waals surface area contributed by atoms with Crippen molar-refractivity contribution in [2.45, 2.75) is 32.7 Å². The van der Waals surface area contributed by atoms with E-state index in [1.165, 1.54) is 4.90 Å². The number of likely N-dealkylation sites (tertiary alicyclic amines) is 1. The summed E-state index contributed by atoms with van der Waals surface area (Å²) in [6, 6.07) is 17.0. The first-order chi connectivity index (χ1) is 15.9. The molecule has 7 nitrogen and oxygen atoms in total.